The van der Waals surface area contributed by atoms with E-state index in [1.54, 1.807) is 12.1 Å². The standard InChI is InChI=1S/C22H17Cl5F2N2O4/c1-2-35-20(34)21(28,29)9-30-18(32)14-8-13(3-4-15(14)25)31-19(33)17-16(22(17,26)27)10-5-11(23)7-12(24)6-10/h3-8,16-17H,2,9H2,1H3,(H,30,32)(H,31,33). The van der Waals surface area contributed by atoms with Gasteiger partial charge in [-0.3, -0.25) is 9.59 Å². The number of carbonyl (C=O) groups excluding carboxylic acids is 3. The third-order valence-electron chi connectivity index (χ3n) is 5.10. The number of benzene rings is 2. The summed E-state index contributed by atoms with van der Waals surface area (Å²) in [5.41, 5.74) is 0.507. The average Bonchev–Trinajstić information content (AvgIpc) is 3.35. The largest absolute Gasteiger partial charge is 0.462 e. The van der Waals surface area contributed by atoms with Crippen LogP contribution in [-0.2, 0) is 14.3 Å². The normalized spacial score (nSPS) is 18.5. The number of rotatable bonds is 8. The number of hydrogen-bond acceptors (Lipinski definition) is 4. The monoisotopic (exact) mass is 586 g/mol. The molecule has 0 spiro atoms. The molecular formula is C22H17Cl5F2N2O4. The van der Waals surface area contributed by atoms with Crippen molar-refractivity contribution in [3.05, 3.63) is 62.6 Å². The van der Waals surface area contributed by atoms with Gasteiger partial charge in [0.25, 0.3) is 5.91 Å². The van der Waals surface area contributed by atoms with Gasteiger partial charge in [-0.25, -0.2) is 4.79 Å². The summed E-state index contributed by atoms with van der Waals surface area (Å²) in [5, 5.41) is 5.15. The first-order valence-electron chi connectivity index (χ1n) is 10.1. The van der Waals surface area contributed by atoms with Crippen molar-refractivity contribution >= 4 is 81.5 Å². The van der Waals surface area contributed by atoms with Crippen LogP contribution in [0.15, 0.2) is 36.4 Å². The molecule has 1 aliphatic carbocycles. The van der Waals surface area contributed by atoms with Crippen molar-refractivity contribution in [3.8, 4) is 0 Å². The van der Waals surface area contributed by atoms with Crippen molar-refractivity contribution in [2.45, 2.75) is 23.1 Å². The van der Waals surface area contributed by atoms with Crippen LogP contribution in [0.3, 0.4) is 0 Å². The van der Waals surface area contributed by atoms with Crippen LogP contribution in [0.1, 0.15) is 28.8 Å². The van der Waals surface area contributed by atoms with Gasteiger partial charge < -0.3 is 15.4 Å². The molecule has 0 radical (unpaired) electrons. The molecule has 3 rings (SSSR count). The first-order chi connectivity index (χ1) is 16.3. The van der Waals surface area contributed by atoms with Crippen molar-refractivity contribution in [2.24, 2.45) is 5.92 Å². The number of amides is 2. The van der Waals surface area contributed by atoms with Crippen LogP contribution in [0, 0.1) is 5.92 Å². The summed E-state index contributed by atoms with van der Waals surface area (Å²) in [5.74, 6) is -8.70. The molecule has 1 aliphatic rings. The molecular weight excluding hydrogens is 572 g/mol. The van der Waals surface area contributed by atoms with Gasteiger partial charge in [-0.05, 0) is 48.9 Å². The molecule has 188 valence electrons. The van der Waals surface area contributed by atoms with E-state index in [-0.39, 0.29) is 22.9 Å². The van der Waals surface area contributed by atoms with E-state index in [0.717, 1.165) is 0 Å². The highest BCUT2D eigenvalue weighted by Gasteiger charge is 2.67. The van der Waals surface area contributed by atoms with Crippen LogP contribution < -0.4 is 10.6 Å². The summed E-state index contributed by atoms with van der Waals surface area (Å²) in [7, 11) is 0. The number of hydrogen-bond donors (Lipinski definition) is 2. The number of carbonyl (C=O) groups is 3. The van der Waals surface area contributed by atoms with E-state index in [2.05, 4.69) is 10.1 Å². The highest BCUT2D eigenvalue weighted by molar-refractivity contribution is 6.53. The van der Waals surface area contributed by atoms with Crippen LogP contribution in [0.25, 0.3) is 0 Å². The molecule has 1 saturated carbocycles. The lowest BCUT2D eigenvalue weighted by molar-refractivity contribution is -0.170. The van der Waals surface area contributed by atoms with E-state index < -0.39 is 46.4 Å². The van der Waals surface area contributed by atoms with E-state index >= 15 is 0 Å². The molecule has 2 atom stereocenters. The Morgan fingerprint density at radius 3 is 2.29 bits per heavy atom. The molecule has 35 heavy (non-hydrogen) atoms. The minimum Gasteiger partial charge on any atom is -0.462 e. The van der Waals surface area contributed by atoms with E-state index in [1.165, 1.54) is 31.2 Å². The first kappa shape index (κ1) is 27.7. The Balaban J connectivity index is 1.71. The predicted octanol–water partition coefficient (Wildman–Crippen LogP) is 6.10. The third kappa shape index (κ3) is 6.30. The lowest BCUT2D eigenvalue weighted by Gasteiger charge is -2.16. The number of halogens is 7. The highest BCUT2D eigenvalue weighted by Crippen LogP contribution is 2.65. The number of alkyl halides is 4. The van der Waals surface area contributed by atoms with Crippen molar-refractivity contribution in [1.82, 2.24) is 5.32 Å². The summed E-state index contributed by atoms with van der Waals surface area (Å²) >= 11 is 30.8. The second-order valence-corrected chi connectivity index (χ2v) is 10.3. The van der Waals surface area contributed by atoms with Crippen LogP contribution in [0.4, 0.5) is 14.5 Å². The fourth-order valence-corrected chi connectivity index (χ4v) is 4.99. The number of esters is 1. The quantitative estimate of drug-likeness (QED) is 0.288. The lowest BCUT2D eigenvalue weighted by Crippen LogP contribution is -2.43. The molecule has 2 amide bonds. The number of anilines is 1. The number of ether oxygens (including phenoxy) is 1. The van der Waals surface area contributed by atoms with Crippen LogP contribution in [0.2, 0.25) is 15.1 Å². The van der Waals surface area contributed by atoms with Gasteiger partial charge in [0.05, 0.1) is 29.7 Å². The van der Waals surface area contributed by atoms with Crippen LogP contribution >= 0.6 is 58.0 Å². The fourth-order valence-electron chi connectivity index (χ4n) is 3.41. The molecule has 0 heterocycles. The topological polar surface area (TPSA) is 84.5 Å². The van der Waals surface area contributed by atoms with Crippen molar-refractivity contribution in [2.75, 3.05) is 18.5 Å². The second-order valence-electron chi connectivity index (χ2n) is 7.62. The van der Waals surface area contributed by atoms with Gasteiger partial charge in [0.1, 0.15) is 4.33 Å². The van der Waals surface area contributed by atoms with Gasteiger partial charge >= 0.3 is 11.9 Å². The second kappa shape index (κ2) is 10.6. The van der Waals surface area contributed by atoms with E-state index in [0.29, 0.717) is 15.6 Å². The minimum absolute atomic E-state index is 0.0677. The summed E-state index contributed by atoms with van der Waals surface area (Å²) in [6.45, 7) is -0.169. The molecule has 0 saturated heterocycles. The minimum atomic E-state index is -3.93. The summed E-state index contributed by atoms with van der Waals surface area (Å²) in [6, 6.07) is 8.61. The smallest absolute Gasteiger partial charge is 0.378 e. The molecule has 6 nitrogen and oxygen atoms in total. The van der Waals surface area contributed by atoms with Gasteiger partial charge in [-0.15, -0.1) is 23.2 Å². The highest BCUT2D eigenvalue weighted by atomic mass is 35.5. The lowest BCUT2D eigenvalue weighted by atomic mass is 10.1. The summed E-state index contributed by atoms with van der Waals surface area (Å²) in [4.78, 5) is 36.6. The van der Waals surface area contributed by atoms with Crippen molar-refractivity contribution in [3.63, 3.8) is 0 Å². The molecule has 2 N–H and O–H groups in total. The Kier molecular flexibility index (Phi) is 8.44. The Labute approximate surface area is 224 Å². The Morgan fingerprint density at radius 1 is 1.06 bits per heavy atom. The molecule has 13 heteroatoms. The van der Waals surface area contributed by atoms with E-state index in [4.69, 9.17) is 58.0 Å². The Bertz CT molecular complexity index is 1160. The third-order valence-corrected chi connectivity index (χ3v) is 6.81. The SMILES string of the molecule is CCOC(=O)C(F)(F)CNC(=O)c1cc(NC(=O)C2C(c3cc(Cl)cc(Cl)c3)C2(Cl)Cl)ccc1Cl. The molecule has 1 fully saturated rings. The maximum absolute atomic E-state index is 13.8. The molecule has 2 unspecified atom stereocenters. The van der Waals surface area contributed by atoms with Crippen molar-refractivity contribution in [1.29, 1.82) is 0 Å². The van der Waals surface area contributed by atoms with Gasteiger partial charge in [0.15, 0.2) is 0 Å². The zero-order chi connectivity index (χ0) is 26.1. The maximum Gasteiger partial charge on any atom is 0.378 e. The molecule has 0 bridgehead atoms. The fraction of sp³-hybridized carbons (Fsp3) is 0.318. The van der Waals surface area contributed by atoms with Gasteiger partial charge in [0.2, 0.25) is 5.91 Å². The molecule has 0 aliphatic heterocycles. The molecule has 2 aromatic rings. The zero-order valence-corrected chi connectivity index (χ0v) is 21.6. The first-order valence-corrected chi connectivity index (χ1v) is 11.9. The average molecular weight is 589 g/mol. The van der Waals surface area contributed by atoms with Gasteiger partial charge in [-0.2, -0.15) is 8.78 Å². The Morgan fingerprint density at radius 2 is 1.69 bits per heavy atom. The predicted molar refractivity (Wildman–Crippen MR) is 131 cm³/mol. The van der Waals surface area contributed by atoms with Gasteiger partial charge in [0, 0.05) is 21.7 Å². The van der Waals surface area contributed by atoms with E-state index in [1.807, 2.05) is 5.32 Å². The molecule has 0 aromatic heterocycles. The summed E-state index contributed by atoms with van der Waals surface area (Å²) < 4.78 is 30.5. The Hall–Kier alpha value is -1.84. The van der Waals surface area contributed by atoms with Crippen LogP contribution in [-0.4, -0.2) is 41.2 Å². The van der Waals surface area contributed by atoms with Crippen molar-refractivity contribution < 1.29 is 27.9 Å². The van der Waals surface area contributed by atoms with Crippen LogP contribution in [0.5, 0.6) is 0 Å². The number of nitrogens with one attached hydrogen (secondary N) is 2. The molecule has 2 aromatic carbocycles. The van der Waals surface area contributed by atoms with E-state index in [9.17, 15) is 23.2 Å². The zero-order valence-electron chi connectivity index (χ0n) is 17.8. The summed E-state index contributed by atoms with van der Waals surface area (Å²) in [6.07, 6.45) is 0. The maximum atomic E-state index is 13.8. The van der Waals surface area contributed by atoms with Gasteiger partial charge in [-0.1, -0.05) is 34.8 Å².